The lowest BCUT2D eigenvalue weighted by atomic mass is 9.84. The van der Waals surface area contributed by atoms with E-state index in [0.717, 1.165) is 59.3 Å². The monoisotopic (exact) mass is 484 g/mol. The van der Waals surface area contributed by atoms with Crippen LogP contribution in [-0.2, 0) is 4.79 Å². The SMILES string of the molecule is CNC(=O)CC1CCC(N(C)n2cc(-c3ccc(Oc4ccccc4)cc3)c3c(N)ncnc32)CC1. The molecule has 4 aromatic rings. The highest BCUT2D eigenvalue weighted by Gasteiger charge is 2.27. The number of fused-ring (bicyclic) bond motifs is 1. The summed E-state index contributed by atoms with van der Waals surface area (Å²) in [5.41, 5.74) is 9.14. The van der Waals surface area contributed by atoms with Crippen molar-refractivity contribution in [2.24, 2.45) is 5.92 Å². The van der Waals surface area contributed by atoms with Crippen molar-refractivity contribution in [3.8, 4) is 22.6 Å². The molecule has 0 atom stereocenters. The summed E-state index contributed by atoms with van der Waals surface area (Å²) in [4.78, 5) is 20.7. The van der Waals surface area contributed by atoms with Crippen LogP contribution in [0, 0.1) is 5.92 Å². The Kier molecular flexibility index (Phi) is 6.75. The Morgan fingerprint density at radius 2 is 1.75 bits per heavy atom. The van der Waals surface area contributed by atoms with Gasteiger partial charge in [0.25, 0.3) is 0 Å². The summed E-state index contributed by atoms with van der Waals surface area (Å²) in [6, 6.07) is 18.1. The number of amides is 1. The fourth-order valence-corrected chi connectivity index (χ4v) is 5.12. The van der Waals surface area contributed by atoms with E-state index in [9.17, 15) is 4.79 Å². The average Bonchev–Trinajstić information content (AvgIpc) is 3.31. The van der Waals surface area contributed by atoms with Crippen LogP contribution < -0.4 is 20.8 Å². The first kappa shape index (κ1) is 23.7. The van der Waals surface area contributed by atoms with Gasteiger partial charge in [0.15, 0.2) is 5.65 Å². The number of para-hydroxylation sites is 1. The number of benzene rings is 2. The summed E-state index contributed by atoms with van der Waals surface area (Å²) < 4.78 is 8.05. The summed E-state index contributed by atoms with van der Waals surface area (Å²) in [6.07, 6.45) is 8.35. The van der Waals surface area contributed by atoms with Gasteiger partial charge >= 0.3 is 0 Å². The zero-order valence-electron chi connectivity index (χ0n) is 20.7. The molecule has 8 nitrogen and oxygen atoms in total. The van der Waals surface area contributed by atoms with E-state index in [1.54, 1.807) is 7.05 Å². The standard InChI is InChI=1S/C28H32N6O2/c1-30-25(35)16-19-8-12-21(13-9-19)33(2)34-17-24(26-27(29)31-18-32-28(26)34)20-10-14-23(15-11-20)36-22-6-4-3-5-7-22/h3-7,10-11,14-15,17-19,21H,8-9,12-13,16H2,1-2H3,(H,30,35)(H2,29,31,32). The molecule has 1 aliphatic rings. The van der Waals surface area contributed by atoms with Gasteiger partial charge in [-0.25, -0.2) is 14.6 Å². The van der Waals surface area contributed by atoms with Gasteiger partial charge < -0.3 is 20.8 Å². The Morgan fingerprint density at radius 3 is 2.44 bits per heavy atom. The van der Waals surface area contributed by atoms with Crippen molar-refractivity contribution in [1.82, 2.24) is 20.0 Å². The molecule has 0 spiro atoms. The molecule has 1 saturated carbocycles. The van der Waals surface area contributed by atoms with Crippen molar-refractivity contribution in [2.45, 2.75) is 38.1 Å². The third kappa shape index (κ3) is 4.84. The van der Waals surface area contributed by atoms with Crippen LogP contribution in [0.2, 0.25) is 0 Å². The van der Waals surface area contributed by atoms with Crippen LogP contribution in [-0.4, -0.2) is 40.7 Å². The number of carbonyl (C=O) groups excluding carboxylic acids is 1. The Hall–Kier alpha value is -4.07. The molecule has 8 heteroatoms. The van der Waals surface area contributed by atoms with Crippen LogP contribution in [0.3, 0.4) is 0 Å². The minimum atomic E-state index is 0.125. The van der Waals surface area contributed by atoms with Gasteiger partial charge in [-0.05, 0) is 61.4 Å². The number of nitrogen functional groups attached to an aromatic ring is 1. The summed E-state index contributed by atoms with van der Waals surface area (Å²) in [5, 5.41) is 5.84. The normalized spacial score (nSPS) is 17.6. The van der Waals surface area contributed by atoms with Crippen molar-refractivity contribution in [2.75, 3.05) is 24.8 Å². The second-order valence-corrected chi connectivity index (χ2v) is 9.41. The minimum absolute atomic E-state index is 0.125. The molecule has 2 aromatic carbocycles. The fraction of sp³-hybridized carbons (Fsp3) is 0.321. The molecule has 36 heavy (non-hydrogen) atoms. The van der Waals surface area contributed by atoms with Crippen molar-refractivity contribution in [1.29, 1.82) is 0 Å². The molecule has 186 valence electrons. The third-order valence-corrected chi connectivity index (χ3v) is 7.18. The van der Waals surface area contributed by atoms with Crippen molar-refractivity contribution >= 4 is 22.8 Å². The van der Waals surface area contributed by atoms with E-state index in [1.165, 1.54) is 6.33 Å². The fourth-order valence-electron chi connectivity index (χ4n) is 5.12. The molecule has 0 aliphatic heterocycles. The highest BCUT2D eigenvalue weighted by molar-refractivity contribution is 6.00. The topological polar surface area (TPSA) is 98.3 Å². The Morgan fingerprint density at radius 1 is 1.06 bits per heavy atom. The number of hydrogen-bond donors (Lipinski definition) is 2. The first-order chi connectivity index (χ1) is 17.5. The van der Waals surface area contributed by atoms with E-state index >= 15 is 0 Å². The summed E-state index contributed by atoms with van der Waals surface area (Å²) in [5.74, 6) is 2.59. The van der Waals surface area contributed by atoms with E-state index in [0.29, 0.717) is 24.2 Å². The van der Waals surface area contributed by atoms with Gasteiger partial charge in [0.1, 0.15) is 23.6 Å². The maximum absolute atomic E-state index is 11.8. The lowest BCUT2D eigenvalue weighted by molar-refractivity contribution is -0.121. The van der Waals surface area contributed by atoms with E-state index < -0.39 is 0 Å². The Balaban J connectivity index is 1.39. The molecule has 0 bridgehead atoms. The lowest BCUT2D eigenvalue weighted by Crippen LogP contribution is -2.42. The van der Waals surface area contributed by atoms with Crippen LogP contribution >= 0.6 is 0 Å². The maximum Gasteiger partial charge on any atom is 0.220 e. The van der Waals surface area contributed by atoms with Gasteiger partial charge in [0.05, 0.1) is 5.39 Å². The molecule has 2 heterocycles. The second-order valence-electron chi connectivity index (χ2n) is 9.41. The average molecular weight is 485 g/mol. The first-order valence-corrected chi connectivity index (χ1v) is 12.4. The quantitative estimate of drug-likeness (QED) is 0.393. The Bertz CT molecular complexity index is 1330. The predicted octanol–water partition coefficient (Wildman–Crippen LogP) is 4.74. The molecule has 0 radical (unpaired) electrons. The molecule has 0 saturated heterocycles. The number of hydrogen-bond acceptors (Lipinski definition) is 6. The maximum atomic E-state index is 11.8. The molecule has 5 rings (SSSR count). The zero-order chi connectivity index (χ0) is 25.1. The van der Waals surface area contributed by atoms with Crippen LogP contribution in [0.15, 0.2) is 67.1 Å². The molecule has 1 fully saturated rings. The smallest absolute Gasteiger partial charge is 0.220 e. The van der Waals surface area contributed by atoms with Crippen LogP contribution in [0.5, 0.6) is 11.5 Å². The number of nitrogens with two attached hydrogens (primary N) is 1. The summed E-state index contributed by atoms with van der Waals surface area (Å²) in [7, 11) is 3.80. The molecular formula is C28H32N6O2. The van der Waals surface area contributed by atoms with Gasteiger partial charge in [0, 0.05) is 38.3 Å². The minimum Gasteiger partial charge on any atom is -0.457 e. The first-order valence-electron chi connectivity index (χ1n) is 12.4. The van der Waals surface area contributed by atoms with Crippen molar-refractivity contribution < 1.29 is 9.53 Å². The second kappa shape index (κ2) is 10.3. The summed E-state index contributed by atoms with van der Waals surface area (Å²) >= 11 is 0. The molecule has 0 unspecified atom stereocenters. The predicted molar refractivity (Wildman–Crippen MR) is 142 cm³/mol. The van der Waals surface area contributed by atoms with Gasteiger partial charge in [-0.15, -0.1) is 0 Å². The van der Waals surface area contributed by atoms with Crippen molar-refractivity contribution in [3.05, 3.63) is 67.1 Å². The number of aromatic nitrogens is 3. The summed E-state index contributed by atoms with van der Waals surface area (Å²) in [6.45, 7) is 0. The number of nitrogens with one attached hydrogen (secondary N) is 1. The third-order valence-electron chi connectivity index (χ3n) is 7.18. The van der Waals surface area contributed by atoms with Crippen LogP contribution in [0.4, 0.5) is 5.82 Å². The number of ether oxygens (including phenoxy) is 1. The van der Waals surface area contributed by atoms with Gasteiger partial charge in [-0.3, -0.25) is 4.79 Å². The number of nitrogens with zero attached hydrogens (tertiary/aromatic N) is 4. The van der Waals surface area contributed by atoms with Crippen LogP contribution in [0.25, 0.3) is 22.2 Å². The molecule has 1 aliphatic carbocycles. The number of anilines is 1. The van der Waals surface area contributed by atoms with Gasteiger partial charge in [0.2, 0.25) is 5.91 Å². The molecule has 2 aromatic heterocycles. The van der Waals surface area contributed by atoms with Crippen molar-refractivity contribution in [3.63, 3.8) is 0 Å². The van der Waals surface area contributed by atoms with E-state index in [4.69, 9.17) is 10.5 Å². The molecular weight excluding hydrogens is 452 g/mol. The molecule has 1 amide bonds. The van der Waals surface area contributed by atoms with Crippen LogP contribution in [0.1, 0.15) is 32.1 Å². The van der Waals surface area contributed by atoms with E-state index in [2.05, 4.69) is 38.2 Å². The molecule has 3 N–H and O–H groups in total. The Labute approximate surface area is 211 Å². The highest BCUT2D eigenvalue weighted by Crippen LogP contribution is 2.35. The van der Waals surface area contributed by atoms with E-state index in [-0.39, 0.29) is 5.91 Å². The van der Waals surface area contributed by atoms with E-state index in [1.807, 2.05) is 54.6 Å². The number of rotatable bonds is 7. The number of carbonyl (C=O) groups is 1. The largest absolute Gasteiger partial charge is 0.457 e. The van der Waals surface area contributed by atoms with Gasteiger partial charge in [-0.1, -0.05) is 30.3 Å². The zero-order valence-corrected chi connectivity index (χ0v) is 20.7. The lowest BCUT2D eigenvalue weighted by Gasteiger charge is -2.36. The van der Waals surface area contributed by atoms with Gasteiger partial charge in [-0.2, -0.15) is 0 Å². The highest BCUT2D eigenvalue weighted by atomic mass is 16.5.